The number of carbonyl (C=O) groups is 1. The minimum atomic E-state index is -0.277. The van der Waals surface area contributed by atoms with Gasteiger partial charge in [-0.15, -0.1) is 0 Å². The van der Waals surface area contributed by atoms with Crippen LogP contribution in [0.2, 0.25) is 0 Å². The third kappa shape index (κ3) is 3.97. The van der Waals surface area contributed by atoms with Crippen molar-refractivity contribution in [2.75, 3.05) is 26.2 Å². The minimum Gasteiger partial charge on any atom is -0.355 e. The Morgan fingerprint density at radius 2 is 2.17 bits per heavy atom. The van der Waals surface area contributed by atoms with Crippen molar-refractivity contribution in [2.24, 2.45) is 5.41 Å². The van der Waals surface area contributed by atoms with Crippen molar-refractivity contribution in [1.29, 1.82) is 0 Å². The molecule has 1 saturated heterocycles. The van der Waals surface area contributed by atoms with Crippen LogP contribution < -0.4 is 5.32 Å². The first-order valence-electron chi connectivity index (χ1n) is 9.44. The Bertz CT molecular complexity index is 553. The number of piperidine rings is 1. The van der Waals surface area contributed by atoms with E-state index >= 15 is 0 Å². The maximum Gasteiger partial charge on any atom is 0.229 e. The third-order valence-corrected chi connectivity index (χ3v) is 5.59. The molecule has 6 heteroatoms. The summed E-state index contributed by atoms with van der Waals surface area (Å²) in [6, 6.07) is 0. The molecule has 1 aliphatic heterocycles. The molecule has 1 N–H and O–H groups in total. The molecule has 0 spiro atoms. The monoisotopic (exact) mass is 334 g/mol. The molecular weight excluding hydrogens is 304 g/mol. The normalized spacial score (nSPS) is 25.9. The molecule has 6 nitrogen and oxygen atoms in total. The Morgan fingerprint density at radius 1 is 1.38 bits per heavy atom. The first kappa shape index (κ1) is 17.4. The Morgan fingerprint density at radius 3 is 2.92 bits per heavy atom. The highest BCUT2D eigenvalue weighted by molar-refractivity contribution is 5.82. The van der Waals surface area contributed by atoms with Gasteiger partial charge in [0, 0.05) is 25.4 Å². The van der Waals surface area contributed by atoms with Crippen LogP contribution in [0.4, 0.5) is 0 Å². The lowest BCUT2D eigenvalue weighted by Gasteiger charge is -2.38. The van der Waals surface area contributed by atoms with E-state index in [9.17, 15) is 4.79 Å². The van der Waals surface area contributed by atoms with Gasteiger partial charge in [-0.3, -0.25) is 4.79 Å². The zero-order valence-corrected chi connectivity index (χ0v) is 15.0. The van der Waals surface area contributed by atoms with Gasteiger partial charge < -0.3 is 14.7 Å². The van der Waals surface area contributed by atoms with Gasteiger partial charge in [-0.1, -0.05) is 24.9 Å². The van der Waals surface area contributed by atoms with E-state index < -0.39 is 0 Å². The molecule has 0 radical (unpaired) electrons. The van der Waals surface area contributed by atoms with Crippen molar-refractivity contribution in [3.63, 3.8) is 0 Å². The molecule has 0 unspecified atom stereocenters. The number of aromatic nitrogens is 2. The van der Waals surface area contributed by atoms with E-state index in [1.807, 2.05) is 0 Å². The van der Waals surface area contributed by atoms with E-state index in [4.69, 9.17) is 4.52 Å². The lowest BCUT2D eigenvalue weighted by molar-refractivity contribution is -0.133. The lowest BCUT2D eigenvalue weighted by Crippen LogP contribution is -2.50. The minimum absolute atomic E-state index is 0.153. The molecule has 2 fully saturated rings. The van der Waals surface area contributed by atoms with E-state index in [0.29, 0.717) is 24.7 Å². The number of amides is 1. The van der Waals surface area contributed by atoms with E-state index in [1.165, 1.54) is 12.8 Å². The maximum atomic E-state index is 12.6. The second-order valence-corrected chi connectivity index (χ2v) is 7.57. The molecule has 1 saturated carbocycles. The van der Waals surface area contributed by atoms with Crippen LogP contribution in [0.3, 0.4) is 0 Å². The van der Waals surface area contributed by atoms with Gasteiger partial charge in [0.25, 0.3) is 0 Å². The largest absolute Gasteiger partial charge is 0.355 e. The molecule has 3 rings (SSSR count). The second-order valence-electron chi connectivity index (χ2n) is 7.57. The summed E-state index contributed by atoms with van der Waals surface area (Å²) in [5, 5.41) is 7.14. The van der Waals surface area contributed by atoms with Crippen LogP contribution in [0, 0.1) is 5.41 Å². The first-order chi connectivity index (χ1) is 11.6. The summed E-state index contributed by atoms with van der Waals surface area (Å²) >= 11 is 0. The summed E-state index contributed by atoms with van der Waals surface area (Å²) in [7, 11) is 0. The molecular formula is C18H30N4O2. The number of nitrogens with zero attached hydrogens (tertiary/aromatic N) is 3. The number of likely N-dealkylation sites (tertiary alicyclic amines) is 1. The SMILES string of the molecule is CCN1CCC[C@](C)(C(=O)NCCc2noc(C3CCCC3)n2)C1. The van der Waals surface area contributed by atoms with Crippen molar-refractivity contribution < 1.29 is 9.32 Å². The molecule has 134 valence electrons. The number of hydrogen-bond donors (Lipinski definition) is 1. The van der Waals surface area contributed by atoms with Crippen LogP contribution in [-0.4, -0.2) is 47.1 Å². The molecule has 1 atom stereocenters. The van der Waals surface area contributed by atoms with Crippen LogP contribution in [0.25, 0.3) is 0 Å². The maximum absolute atomic E-state index is 12.6. The second kappa shape index (κ2) is 7.64. The zero-order valence-electron chi connectivity index (χ0n) is 15.0. The molecule has 0 bridgehead atoms. The number of nitrogens with one attached hydrogen (secondary N) is 1. The number of carbonyl (C=O) groups excluding carboxylic acids is 1. The summed E-state index contributed by atoms with van der Waals surface area (Å²) in [6.07, 6.45) is 7.51. The van der Waals surface area contributed by atoms with Gasteiger partial charge >= 0.3 is 0 Å². The van der Waals surface area contributed by atoms with Crippen molar-refractivity contribution in [2.45, 2.75) is 64.7 Å². The first-order valence-corrected chi connectivity index (χ1v) is 9.44. The smallest absolute Gasteiger partial charge is 0.229 e. The summed E-state index contributed by atoms with van der Waals surface area (Å²) in [5.74, 6) is 2.09. The molecule has 24 heavy (non-hydrogen) atoms. The summed E-state index contributed by atoms with van der Waals surface area (Å²) in [4.78, 5) is 19.4. The van der Waals surface area contributed by atoms with Gasteiger partial charge in [-0.25, -0.2) is 0 Å². The van der Waals surface area contributed by atoms with E-state index in [0.717, 1.165) is 51.2 Å². The summed E-state index contributed by atoms with van der Waals surface area (Å²) in [5.41, 5.74) is -0.277. The van der Waals surface area contributed by atoms with Gasteiger partial charge in [0.1, 0.15) is 0 Å². The molecule has 0 aromatic carbocycles. The van der Waals surface area contributed by atoms with E-state index in [1.54, 1.807) is 0 Å². The Balaban J connectivity index is 1.46. The van der Waals surface area contributed by atoms with Crippen molar-refractivity contribution in [3.05, 3.63) is 11.7 Å². The molecule has 1 aromatic rings. The Labute approximate surface area is 144 Å². The molecule has 1 aromatic heterocycles. The summed E-state index contributed by atoms with van der Waals surface area (Å²) < 4.78 is 5.39. The van der Waals surface area contributed by atoms with Crippen LogP contribution in [0.5, 0.6) is 0 Å². The fraction of sp³-hybridized carbons (Fsp3) is 0.833. The fourth-order valence-electron chi connectivity index (χ4n) is 4.01. The standard InChI is InChI=1S/C18H30N4O2/c1-3-22-12-6-10-18(2,13-22)17(23)19-11-9-15-20-16(24-21-15)14-7-4-5-8-14/h14H,3-13H2,1-2H3,(H,19,23)/t18-/m0/s1. The van der Waals surface area contributed by atoms with E-state index in [2.05, 4.69) is 34.2 Å². The van der Waals surface area contributed by atoms with Crippen LogP contribution >= 0.6 is 0 Å². The Kier molecular flexibility index (Phi) is 5.54. The Hall–Kier alpha value is -1.43. The van der Waals surface area contributed by atoms with Crippen LogP contribution in [0.1, 0.15) is 70.0 Å². The molecule has 1 aliphatic carbocycles. The van der Waals surface area contributed by atoms with Gasteiger partial charge in [-0.2, -0.15) is 4.98 Å². The highest BCUT2D eigenvalue weighted by Crippen LogP contribution is 2.33. The van der Waals surface area contributed by atoms with E-state index in [-0.39, 0.29) is 11.3 Å². The highest BCUT2D eigenvalue weighted by Gasteiger charge is 2.37. The average molecular weight is 334 g/mol. The average Bonchev–Trinajstić information content (AvgIpc) is 3.26. The highest BCUT2D eigenvalue weighted by atomic mass is 16.5. The molecule has 2 heterocycles. The van der Waals surface area contributed by atoms with Gasteiger partial charge in [-0.05, 0) is 45.7 Å². The van der Waals surface area contributed by atoms with Crippen molar-refractivity contribution in [1.82, 2.24) is 20.4 Å². The molecule has 1 amide bonds. The van der Waals surface area contributed by atoms with Crippen LogP contribution in [0.15, 0.2) is 4.52 Å². The predicted octanol–water partition coefficient (Wildman–Crippen LogP) is 2.51. The zero-order chi connectivity index (χ0) is 17.0. The summed E-state index contributed by atoms with van der Waals surface area (Å²) in [6.45, 7) is 7.77. The predicted molar refractivity (Wildman–Crippen MR) is 91.7 cm³/mol. The van der Waals surface area contributed by atoms with Gasteiger partial charge in [0.15, 0.2) is 5.82 Å². The fourth-order valence-corrected chi connectivity index (χ4v) is 4.01. The van der Waals surface area contributed by atoms with Crippen molar-refractivity contribution in [3.8, 4) is 0 Å². The van der Waals surface area contributed by atoms with Gasteiger partial charge in [0.2, 0.25) is 11.8 Å². The van der Waals surface area contributed by atoms with Crippen LogP contribution in [-0.2, 0) is 11.2 Å². The lowest BCUT2D eigenvalue weighted by atomic mass is 9.81. The number of rotatable bonds is 6. The quantitative estimate of drug-likeness (QED) is 0.865. The van der Waals surface area contributed by atoms with Gasteiger partial charge in [0.05, 0.1) is 5.41 Å². The molecule has 2 aliphatic rings. The topological polar surface area (TPSA) is 71.3 Å². The number of hydrogen-bond acceptors (Lipinski definition) is 5. The third-order valence-electron chi connectivity index (χ3n) is 5.59. The van der Waals surface area contributed by atoms with Crippen molar-refractivity contribution >= 4 is 5.91 Å².